The van der Waals surface area contributed by atoms with Crippen LogP contribution in [0.4, 0.5) is 5.13 Å². The van der Waals surface area contributed by atoms with Crippen molar-refractivity contribution in [3.05, 3.63) is 40.9 Å². The third-order valence-electron chi connectivity index (χ3n) is 2.87. The molecule has 22 heavy (non-hydrogen) atoms. The molecule has 0 bridgehead atoms. The second-order valence-electron chi connectivity index (χ2n) is 5.70. The van der Waals surface area contributed by atoms with Crippen molar-refractivity contribution in [1.82, 2.24) is 9.88 Å². The van der Waals surface area contributed by atoms with Gasteiger partial charge in [0.15, 0.2) is 11.4 Å². The Bertz CT molecular complexity index is 557. The first-order valence-electron chi connectivity index (χ1n) is 7.23. The number of benzene rings is 1. The van der Waals surface area contributed by atoms with Gasteiger partial charge in [-0.15, -0.1) is 11.3 Å². The molecule has 0 fully saturated rings. The summed E-state index contributed by atoms with van der Waals surface area (Å²) in [6.45, 7) is 4.76. The molecule has 5 nitrogen and oxygen atoms in total. The Morgan fingerprint density at radius 2 is 2.09 bits per heavy atom. The number of nitrogens with zero attached hydrogens (tertiary/aromatic N) is 2. The summed E-state index contributed by atoms with van der Waals surface area (Å²) in [5, 5.41) is 15.9. The standard InChI is InChI=1S/C16H23N3O2S/c1-11(2)21-14-8-12(10-19(3)4)7-13(9-14)15(20)18-16-17-5-6-22-16/h5-9,11,15,20H,10H2,1-4H3,(H,17,18). The molecular weight excluding hydrogens is 298 g/mol. The van der Waals surface area contributed by atoms with Crippen LogP contribution in [-0.4, -0.2) is 35.2 Å². The summed E-state index contributed by atoms with van der Waals surface area (Å²) in [4.78, 5) is 6.21. The van der Waals surface area contributed by atoms with E-state index >= 15 is 0 Å². The van der Waals surface area contributed by atoms with Crippen LogP contribution in [0.5, 0.6) is 5.75 Å². The van der Waals surface area contributed by atoms with Crippen LogP contribution >= 0.6 is 11.3 Å². The molecule has 120 valence electrons. The molecule has 1 unspecified atom stereocenters. The van der Waals surface area contributed by atoms with E-state index in [4.69, 9.17) is 4.74 Å². The van der Waals surface area contributed by atoms with Crippen LogP contribution in [0.25, 0.3) is 0 Å². The van der Waals surface area contributed by atoms with E-state index in [9.17, 15) is 5.11 Å². The Kier molecular flexibility index (Phi) is 5.76. The molecular formula is C16H23N3O2S. The molecule has 0 amide bonds. The quantitative estimate of drug-likeness (QED) is 0.768. The molecule has 1 heterocycles. The molecule has 2 rings (SSSR count). The Balaban J connectivity index is 2.23. The first-order chi connectivity index (χ1) is 10.4. The Morgan fingerprint density at radius 3 is 2.68 bits per heavy atom. The second-order valence-corrected chi connectivity index (χ2v) is 6.59. The van der Waals surface area contributed by atoms with Gasteiger partial charge in [0.1, 0.15) is 5.75 Å². The minimum absolute atomic E-state index is 0.0894. The van der Waals surface area contributed by atoms with Crippen LogP contribution in [-0.2, 0) is 6.54 Å². The fraction of sp³-hybridized carbons (Fsp3) is 0.438. The van der Waals surface area contributed by atoms with E-state index in [0.29, 0.717) is 5.13 Å². The van der Waals surface area contributed by atoms with E-state index in [1.165, 1.54) is 11.3 Å². The van der Waals surface area contributed by atoms with Crippen molar-refractivity contribution in [2.24, 2.45) is 0 Å². The van der Waals surface area contributed by atoms with Crippen LogP contribution < -0.4 is 10.1 Å². The minimum Gasteiger partial charge on any atom is -0.491 e. The van der Waals surface area contributed by atoms with Crippen molar-refractivity contribution < 1.29 is 9.84 Å². The van der Waals surface area contributed by atoms with E-state index in [1.54, 1.807) is 6.20 Å². The number of ether oxygens (including phenoxy) is 1. The molecule has 0 spiro atoms. The Labute approximate surface area is 135 Å². The maximum absolute atomic E-state index is 10.4. The molecule has 1 atom stereocenters. The molecule has 1 aromatic carbocycles. The molecule has 2 N–H and O–H groups in total. The second kappa shape index (κ2) is 7.58. The normalized spacial score (nSPS) is 12.7. The number of aliphatic hydroxyl groups is 1. The van der Waals surface area contributed by atoms with Crippen molar-refractivity contribution in [3.8, 4) is 5.75 Å². The fourth-order valence-corrected chi connectivity index (χ4v) is 2.69. The summed E-state index contributed by atoms with van der Waals surface area (Å²) in [7, 11) is 4.03. The van der Waals surface area contributed by atoms with E-state index in [2.05, 4.69) is 15.2 Å². The molecule has 0 aliphatic carbocycles. The molecule has 2 aromatic rings. The number of hydrogen-bond donors (Lipinski definition) is 2. The maximum Gasteiger partial charge on any atom is 0.184 e. The number of nitrogens with one attached hydrogen (secondary N) is 1. The van der Waals surface area contributed by atoms with Gasteiger partial charge in [0.25, 0.3) is 0 Å². The SMILES string of the molecule is CC(C)Oc1cc(CN(C)C)cc(C(O)Nc2nccs2)c1. The van der Waals surface area contributed by atoms with Crippen LogP contribution in [0.3, 0.4) is 0 Å². The Hall–Kier alpha value is -1.63. The minimum atomic E-state index is -0.817. The average Bonchev–Trinajstić information content (AvgIpc) is 2.89. The summed E-state index contributed by atoms with van der Waals surface area (Å²) in [5.74, 6) is 0.768. The summed E-state index contributed by atoms with van der Waals surface area (Å²) in [6.07, 6.45) is 0.976. The van der Waals surface area contributed by atoms with Gasteiger partial charge < -0.3 is 20.1 Å². The molecule has 0 aliphatic rings. The molecule has 1 aromatic heterocycles. The molecule has 6 heteroatoms. The number of aromatic nitrogens is 1. The lowest BCUT2D eigenvalue weighted by Crippen LogP contribution is -2.14. The third kappa shape index (κ3) is 4.98. The first-order valence-corrected chi connectivity index (χ1v) is 8.11. The van der Waals surface area contributed by atoms with Gasteiger partial charge in [-0.2, -0.15) is 0 Å². The highest BCUT2D eigenvalue weighted by Crippen LogP contribution is 2.25. The molecule has 0 saturated heterocycles. The molecule has 0 aliphatic heterocycles. The van der Waals surface area contributed by atoms with Gasteiger partial charge >= 0.3 is 0 Å². The van der Waals surface area contributed by atoms with Gasteiger partial charge in [-0.3, -0.25) is 0 Å². The van der Waals surface area contributed by atoms with E-state index in [0.717, 1.165) is 23.4 Å². The van der Waals surface area contributed by atoms with E-state index in [1.807, 2.05) is 51.5 Å². The summed E-state index contributed by atoms with van der Waals surface area (Å²) in [6, 6.07) is 5.86. The van der Waals surface area contributed by atoms with Crippen LogP contribution in [0.1, 0.15) is 31.2 Å². The maximum atomic E-state index is 10.4. The summed E-state index contributed by atoms with van der Waals surface area (Å²) in [5.41, 5.74) is 1.86. The zero-order valence-electron chi connectivity index (χ0n) is 13.4. The molecule has 0 radical (unpaired) electrons. The molecule has 0 saturated carbocycles. The van der Waals surface area contributed by atoms with E-state index in [-0.39, 0.29) is 6.10 Å². The van der Waals surface area contributed by atoms with Crippen LogP contribution in [0.15, 0.2) is 29.8 Å². The number of hydrogen-bond acceptors (Lipinski definition) is 6. The van der Waals surface area contributed by atoms with Crippen molar-refractivity contribution in [2.75, 3.05) is 19.4 Å². The van der Waals surface area contributed by atoms with Crippen LogP contribution in [0, 0.1) is 0 Å². The number of thiazole rings is 1. The monoisotopic (exact) mass is 321 g/mol. The zero-order valence-corrected chi connectivity index (χ0v) is 14.2. The number of rotatable bonds is 7. The van der Waals surface area contributed by atoms with Crippen molar-refractivity contribution in [2.45, 2.75) is 32.7 Å². The van der Waals surface area contributed by atoms with Gasteiger partial charge in [-0.25, -0.2) is 4.98 Å². The lowest BCUT2D eigenvalue weighted by molar-refractivity contribution is 0.205. The topological polar surface area (TPSA) is 57.6 Å². The van der Waals surface area contributed by atoms with E-state index < -0.39 is 6.23 Å². The van der Waals surface area contributed by atoms with Gasteiger partial charge in [0.05, 0.1) is 6.10 Å². The highest BCUT2D eigenvalue weighted by atomic mass is 32.1. The Morgan fingerprint density at radius 1 is 1.32 bits per heavy atom. The lowest BCUT2D eigenvalue weighted by Gasteiger charge is -2.18. The predicted octanol–water partition coefficient (Wildman–Crippen LogP) is 3.09. The predicted molar refractivity (Wildman–Crippen MR) is 90.3 cm³/mol. The fourth-order valence-electron chi connectivity index (χ4n) is 2.14. The third-order valence-corrected chi connectivity index (χ3v) is 3.57. The van der Waals surface area contributed by atoms with Gasteiger partial charge in [-0.1, -0.05) is 0 Å². The van der Waals surface area contributed by atoms with Gasteiger partial charge in [0, 0.05) is 23.7 Å². The average molecular weight is 321 g/mol. The number of aliphatic hydroxyl groups excluding tert-OH is 1. The smallest absolute Gasteiger partial charge is 0.184 e. The highest BCUT2D eigenvalue weighted by molar-refractivity contribution is 7.13. The van der Waals surface area contributed by atoms with Crippen molar-refractivity contribution in [1.29, 1.82) is 0 Å². The van der Waals surface area contributed by atoms with Crippen molar-refractivity contribution >= 4 is 16.5 Å². The number of anilines is 1. The van der Waals surface area contributed by atoms with Gasteiger partial charge in [-0.05, 0) is 51.7 Å². The zero-order chi connectivity index (χ0) is 16.1. The summed E-state index contributed by atoms with van der Waals surface area (Å²) >= 11 is 1.45. The lowest BCUT2D eigenvalue weighted by atomic mass is 10.1. The first kappa shape index (κ1) is 16.7. The van der Waals surface area contributed by atoms with Crippen molar-refractivity contribution in [3.63, 3.8) is 0 Å². The largest absolute Gasteiger partial charge is 0.491 e. The van der Waals surface area contributed by atoms with Crippen LogP contribution in [0.2, 0.25) is 0 Å². The van der Waals surface area contributed by atoms with Gasteiger partial charge in [0.2, 0.25) is 0 Å². The summed E-state index contributed by atoms with van der Waals surface area (Å²) < 4.78 is 5.79. The highest BCUT2D eigenvalue weighted by Gasteiger charge is 2.13.